The predicted molar refractivity (Wildman–Crippen MR) is 81.9 cm³/mol. The molecular formula is C15H18ClN3. The molecular weight excluding hydrogens is 258 g/mol. The lowest BCUT2D eigenvalue weighted by molar-refractivity contribution is 0.875. The first kappa shape index (κ1) is 13.7. The molecule has 0 fully saturated rings. The van der Waals surface area contributed by atoms with E-state index in [1.54, 1.807) is 0 Å². The van der Waals surface area contributed by atoms with Gasteiger partial charge in [-0.2, -0.15) is 0 Å². The van der Waals surface area contributed by atoms with Gasteiger partial charge < -0.3 is 10.6 Å². The molecule has 0 aliphatic heterocycles. The lowest BCUT2D eigenvalue weighted by Crippen LogP contribution is -2.09. The molecule has 2 rings (SSSR count). The van der Waals surface area contributed by atoms with Gasteiger partial charge in [0.15, 0.2) is 0 Å². The van der Waals surface area contributed by atoms with Crippen molar-refractivity contribution in [3.63, 3.8) is 0 Å². The molecule has 0 saturated heterocycles. The third-order valence-electron chi connectivity index (χ3n) is 2.84. The maximum absolute atomic E-state index is 6.19. The molecule has 1 unspecified atom stereocenters. The Labute approximate surface area is 119 Å². The quantitative estimate of drug-likeness (QED) is 0.852. The Morgan fingerprint density at radius 1 is 1.11 bits per heavy atom. The van der Waals surface area contributed by atoms with Crippen molar-refractivity contribution in [1.29, 1.82) is 0 Å². The molecule has 0 spiro atoms. The van der Waals surface area contributed by atoms with Gasteiger partial charge in [-0.3, -0.25) is 0 Å². The standard InChI is InChI=1S/C15H18ClN3/c1-3-17-14-9-6-10-15(19-14)18-11(2)12-7-4-5-8-13(12)16/h4-11H,3H2,1-2H3,(H2,17,18,19). The Kier molecular flexibility index (Phi) is 4.63. The SMILES string of the molecule is CCNc1cccc(NC(C)c2ccccc2Cl)n1. The van der Waals surface area contributed by atoms with E-state index in [1.807, 2.05) is 49.4 Å². The summed E-state index contributed by atoms with van der Waals surface area (Å²) in [5.41, 5.74) is 1.07. The highest BCUT2D eigenvalue weighted by Gasteiger charge is 2.09. The molecule has 0 aliphatic rings. The van der Waals surface area contributed by atoms with Crippen LogP contribution in [0, 0.1) is 0 Å². The summed E-state index contributed by atoms with van der Waals surface area (Å²) in [6.07, 6.45) is 0. The minimum Gasteiger partial charge on any atom is -0.370 e. The zero-order valence-electron chi connectivity index (χ0n) is 11.2. The number of nitrogens with zero attached hydrogens (tertiary/aromatic N) is 1. The van der Waals surface area contributed by atoms with Gasteiger partial charge in [0.2, 0.25) is 0 Å². The molecule has 1 heterocycles. The van der Waals surface area contributed by atoms with Crippen LogP contribution in [-0.2, 0) is 0 Å². The van der Waals surface area contributed by atoms with E-state index in [9.17, 15) is 0 Å². The fourth-order valence-electron chi connectivity index (χ4n) is 1.92. The van der Waals surface area contributed by atoms with Crippen molar-refractivity contribution in [2.45, 2.75) is 19.9 Å². The minimum absolute atomic E-state index is 0.109. The second-order valence-corrected chi connectivity index (χ2v) is 4.73. The smallest absolute Gasteiger partial charge is 0.128 e. The first-order valence-electron chi connectivity index (χ1n) is 6.42. The van der Waals surface area contributed by atoms with Crippen molar-refractivity contribution < 1.29 is 0 Å². The van der Waals surface area contributed by atoms with Gasteiger partial charge in [0, 0.05) is 11.6 Å². The van der Waals surface area contributed by atoms with Gasteiger partial charge in [-0.05, 0) is 37.6 Å². The third kappa shape index (κ3) is 3.61. The van der Waals surface area contributed by atoms with Gasteiger partial charge in [-0.1, -0.05) is 35.9 Å². The average molecular weight is 276 g/mol. The summed E-state index contributed by atoms with van der Waals surface area (Å²) in [5, 5.41) is 7.33. The van der Waals surface area contributed by atoms with Crippen LogP contribution in [0.3, 0.4) is 0 Å². The summed E-state index contributed by atoms with van der Waals surface area (Å²) >= 11 is 6.19. The summed E-state index contributed by atoms with van der Waals surface area (Å²) < 4.78 is 0. The van der Waals surface area contributed by atoms with Gasteiger partial charge in [0.25, 0.3) is 0 Å². The number of nitrogens with one attached hydrogen (secondary N) is 2. The number of anilines is 2. The van der Waals surface area contributed by atoms with Crippen LogP contribution in [0.1, 0.15) is 25.5 Å². The molecule has 100 valence electrons. The maximum Gasteiger partial charge on any atom is 0.128 e. The molecule has 0 saturated carbocycles. The number of hydrogen-bond acceptors (Lipinski definition) is 3. The first-order valence-corrected chi connectivity index (χ1v) is 6.80. The van der Waals surface area contributed by atoms with Gasteiger partial charge in [-0.25, -0.2) is 4.98 Å². The van der Waals surface area contributed by atoms with Crippen LogP contribution >= 0.6 is 11.6 Å². The topological polar surface area (TPSA) is 37.0 Å². The molecule has 1 aromatic heterocycles. The van der Waals surface area contributed by atoms with Gasteiger partial charge in [0.05, 0.1) is 6.04 Å². The lowest BCUT2D eigenvalue weighted by atomic mass is 10.1. The number of pyridine rings is 1. The van der Waals surface area contributed by atoms with Crippen molar-refractivity contribution in [3.8, 4) is 0 Å². The van der Waals surface area contributed by atoms with Crippen LogP contribution in [0.2, 0.25) is 5.02 Å². The van der Waals surface area contributed by atoms with Crippen molar-refractivity contribution >= 4 is 23.2 Å². The van der Waals surface area contributed by atoms with Gasteiger partial charge in [-0.15, -0.1) is 0 Å². The van der Waals surface area contributed by atoms with E-state index in [1.165, 1.54) is 0 Å². The number of benzene rings is 1. The summed E-state index contributed by atoms with van der Waals surface area (Å²) in [4.78, 5) is 4.49. The molecule has 2 aromatic rings. The monoisotopic (exact) mass is 275 g/mol. The van der Waals surface area contributed by atoms with Crippen molar-refractivity contribution in [2.24, 2.45) is 0 Å². The third-order valence-corrected chi connectivity index (χ3v) is 3.19. The second kappa shape index (κ2) is 6.43. The molecule has 0 radical (unpaired) electrons. The normalized spacial score (nSPS) is 11.9. The molecule has 3 nitrogen and oxygen atoms in total. The summed E-state index contributed by atoms with van der Waals surface area (Å²) in [5.74, 6) is 1.71. The van der Waals surface area contributed by atoms with Crippen molar-refractivity contribution in [3.05, 3.63) is 53.1 Å². The van der Waals surface area contributed by atoms with Crippen LogP contribution in [-0.4, -0.2) is 11.5 Å². The Morgan fingerprint density at radius 3 is 2.58 bits per heavy atom. The average Bonchev–Trinajstić information content (AvgIpc) is 2.40. The van der Waals surface area contributed by atoms with Crippen molar-refractivity contribution in [2.75, 3.05) is 17.2 Å². The van der Waals surface area contributed by atoms with Crippen LogP contribution < -0.4 is 10.6 Å². The Balaban J connectivity index is 2.12. The Bertz CT molecular complexity index is 542. The van der Waals surface area contributed by atoms with Crippen LogP contribution in [0.4, 0.5) is 11.6 Å². The summed E-state index contributed by atoms with van der Waals surface area (Å²) in [6, 6.07) is 13.8. The number of halogens is 1. The van der Waals surface area contributed by atoms with Crippen molar-refractivity contribution in [1.82, 2.24) is 4.98 Å². The molecule has 4 heteroatoms. The zero-order valence-corrected chi connectivity index (χ0v) is 11.9. The summed E-state index contributed by atoms with van der Waals surface area (Å²) in [7, 11) is 0. The molecule has 19 heavy (non-hydrogen) atoms. The first-order chi connectivity index (χ1) is 9.20. The molecule has 2 N–H and O–H groups in total. The predicted octanol–water partition coefficient (Wildman–Crippen LogP) is 4.34. The number of hydrogen-bond donors (Lipinski definition) is 2. The fraction of sp³-hybridized carbons (Fsp3) is 0.267. The molecule has 0 bridgehead atoms. The van der Waals surface area contributed by atoms with Crippen LogP contribution in [0.25, 0.3) is 0 Å². The van der Waals surface area contributed by atoms with E-state index < -0.39 is 0 Å². The van der Waals surface area contributed by atoms with Gasteiger partial charge in [0.1, 0.15) is 11.6 Å². The molecule has 0 amide bonds. The van der Waals surface area contributed by atoms with Crippen LogP contribution in [0.15, 0.2) is 42.5 Å². The van der Waals surface area contributed by atoms with E-state index >= 15 is 0 Å². The molecule has 1 aromatic carbocycles. The second-order valence-electron chi connectivity index (χ2n) is 4.33. The number of aromatic nitrogens is 1. The Hall–Kier alpha value is -1.74. The van der Waals surface area contributed by atoms with E-state index in [0.29, 0.717) is 0 Å². The minimum atomic E-state index is 0.109. The zero-order chi connectivity index (χ0) is 13.7. The fourth-order valence-corrected chi connectivity index (χ4v) is 2.22. The lowest BCUT2D eigenvalue weighted by Gasteiger charge is -2.16. The molecule has 0 aliphatic carbocycles. The van der Waals surface area contributed by atoms with E-state index in [4.69, 9.17) is 11.6 Å². The van der Waals surface area contributed by atoms with Crippen LogP contribution in [0.5, 0.6) is 0 Å². The molecule has 1 atom stereocenters. The van der Waals surface area contributed by atoms with E-state index in [0.717, 1.165) is 28.8 Å². The number of rotatable bonds is 5. The van der Waals surface area contributed by atoms with E-state index in [2.05, 4.69) is 22.5 Å². The largest absolute Gasteiger partial charge is 0.370 e. The highest BCUT2D eigenvalue weighted by Crippen LogP contribution is 2.25. The van der Waals surface area contributed by atoms with Gasteiger partial charge >= 0.3 is 0 Å². The Morgan fingerprint density at radius 2 is 1.84 bits per heavy atom. The maximum atomic E-state index is 6.19. The van der Waals surface area contributed by atoms with E-state index in [-0.39, 0.29) is 6.04 Å². The highest BCUT2D eigenvalue weighted by atomic mass is 35.5. The highest BCUT2D eigenvalue weighted by molar-refractivity contribution is 6.31. The summed E-state index contributed by atoms with van der Waals surface area (Å²) in [6.45, 7) is 4.98.